The largest absolute Gasteiger partial charge is 0.495 e. The van der Waals surface area contributed by atoms with Gasteiger partial charge in [0.25, 0.3) is 5.56 Å². The number of aromatic nitrogens is 2. The van der Waals surface area contributed by atoms with Gasteiger partial charge in [0, 0.05) is 25.0 Å². The van der Waals surface area contributed by atoms with Crippen LogP contribution in [0, 0.1) is 19.3 Å². The molecule has 0 N–H and O–H groups in total. The van der Waals surface area contributed by atoms with Gasteiger partial charge in [0.05, 0.1) is 29.6 Å². The van der Waals surface area contributed by atoms with Crippen molar-refractivity contribution in [3.05, 3.63) is 63.3 Å². The van der Waals surface area contributed by atoms with Gasteiger partial charge in [-0.1, -0.05) is 18.2 Å². The van der Waals surface area contributed by atoms with E-state index in [9.17, 15) is 9.59 Å². The van der Waals surface area contributed by atoms with Crippen molar-refractivity contribution in [2.24, 2.45) is 15.4 Å². The van der Waals surface area contributed by atoms with Gasteiger partial charge in [-0.15, -0.1) is 0 Å². The van der Waals surface area contributed by atoms with Crippen LogP contribution in [0.15, 0.2) is 45.8 Å². The number of halogens is 1. The lowest BCUT2D eigenvalue weighted by atomic mass is 9.94. The second kappa shape index (κ2) is 9.17. The molecule has 0 unspecified atom stereocenters. The number of hydrogen-bond acceptors (Lipinski definition) is 5. The van der Waals surface area contributed by atoms with Gasteiger partial charge in [0.1, 0.15) is 22.9 Å². The van der Waals surface area contributed by atoms with Crippen molar-refractivity contribution in [1.29, 1.82) is 0 Å². The average Bonchev–Trinajstić information content (AvgIpc) is 2.72. The minimum atomic E-state index is -0.867. The summed E-state index contributed by atoms with van der Waals surface area (Å²) in [5, 5.41) is -0.00777. The minimum absolute atomic E-state index is 0.00777. The maximum atomic E-state index is 12.9. The van der Waals surface area contributed by atoms with Crippen LogP contribution in [0.5, 0.6) is 5.75 Å². The molecule has 0 aromatic carbocycles. The molecule has 0 bridgehead atoms. The third-order valence-corrected chi connectivity index (χ3v) is 4.95. The van der Waals surface area contributed by atoms with E-state index in [-0.39, 0.29) is 5.02 Å². The Balaban J connectivity index is 2.72. The first-order chi connectivity index (χ1) is 14.1. The Morgan fingerprint density at radius 2 is 2.00 bits per heavy atom. The molecule has 0 amide bonds. The van der Waals surface area contributed by atoms with E-state index in [0.717, 1.165) is 11.8 Å². The van der Waals surface area contributed by atoms with E-state index in [1.54, 1.807) is 46.1 Å². The normalized spacial score (nSPS) is 12.6. The van der Waals surface area contributed by atoms with Crippen LogP contribution in [-0.4, -0.2) is 41.5 Å². The third-order valence-electron chi connectivity index (χ3n) is 4.60. The average molecular weight is 429 g/mol. The monoisotopic (exact) mass is 428 g/mol. The fraction of sp³-hybridized carbons (Fsp3) is 0.318. The maximum absolute atomic E-state index is 12.9. The zero-order valence-corrected chi connectivity index (χ0v) is 18.7. The zero-order chi connectivity index (χ0) is 22.6. The molecule has 0 atom stereocenters. The fourth-order valence-electron chi connectivity index (χ4n) is 2.88. The van der Waals surface area contributed by atoms with Crippen LogP contribution in [0.1, 0.15) is 30.8 Å². The van der Waals surface area contributed by atoms with Gasteiger partial charge < -0.3 is 9.53 Å². The lowest BCUT2D eigenvalue weighted by Gasteiger charge is -2.18. The van der Waals surface area contributed by atoms with Crippen LogP contribution in [0.2, 0.25) is 5.02 Å². The number of nitrogens with zero attached hydrogens (tertiary/aromatic N) is 4. The molecule has 30 heavy (non-hydrogen) atoms. The molecule has 2 aromatic rings. The number of aryl methyl sites for hydroxylation is 2. The molecule has 158 valence electrons. The number of allylic oxidation sites excluding steroid dienone is 1. The number of pyridine rings is 2. The number of amidine groups is 1. The Hall–Kier alpha value is -3.06. The number of rotatable bonds is 6. The Labute approximate surface area is 180 Å². The van der Waals surface area contributed by atoms with Crippen molar-refractivity contribution < 1.29 is 9.53 Å². The van der Waals surface area contributed by atoms with Crippen molar-refractivity contribution in [1.82, 2.24) is 9.55 Å². The topological polar surface area (TPSA) is 85.9 Å². The van der Waals surface area contributed by atoms with E-state index in [1.807, 2.05) is 6.92 Å². The molecule has 0 radical (unpaired) electrons. The summed E-state index contributed by atoms with van der Waals surface area (Å²) in [6.07, 6.45) is 3.96. The summed E-state index contributed by atoms with van der Waals surface area (Å²) in [4.78, 5) is 37.4. The van der Waals surface area contributed by atoms with E-state index in [4.69, 9.17) is 16.3 Å². The maximum Gasteiger partial charge on any atom is 0.277 e. The molecule has 2 aromatic heterocycles. The first-order valence-electron chi connectivity index (χ1n) is 9.19. The van der Waals surface area contributed by atoms with Crippen molar-refractivity contribution in [2.45, 2.75) is 27.7 Å². The quantitative estimate of drug-likeness (QED) is 0.398. The molecule has 0 saturated carbocycles. The van der Waals surface area contributed by atoms with E-state index in [2.05, 4.69) is 21.5 Å². The van der Waals surface area contributed by atoms with Gasteiger partial charge in [-0.25, -0.2) is 4.99 Å². The second-order valence-corrected chi connectivity index (χ2v) is 7.63. The van der Waals surface area contributed by atoms with Crippen molar-refractivity contribution in [3.8, 4) is 11.4 Å². The molecule has 0 aliphatic carbocycles. The molecular formula is C22H25ClN4O3. The number of methoxy groups -OCH3 is 1. The van der Waals surface area contributed by atoms with Crippen LogP contribution in [0.4, 0.5) is 0 Å². The van der Waals surface area contributed by atoms with Crippen LogP contribution < -0.4 is 10.3 Å². The summed E-state index contributed by atoms with van der Waals surface area (Å²) in [7, 11) is 3.03. The second-order valence-electron chi connectivity index (χ2n) is 7.25. The highest BCUT2D eigenvalue weighted by Crippen LogP contribution is 2.24. The summed E-state index contributed by atoms with van der Waals surface area (Å²) in [6, 6.07) is 3.43. The molecule has 2 heterocycles. The summed E-state index contributed by atoms with van der Waals surface area (Å²) in [5.41, 5.74) is 1.66. The predicted octanol–water partition coefficient (Wildman–Crippen LogP) is 3.74. The highest BCUT2D eigenvalue weighted by molar-refractivity contribution is 6.31. The summed E-state index contributed by atoms with van der Waals surface area (Å²) >= 11 is 6.19. The lowest BCUT2D eigenvalue weighted by molar-refractivity contribution is -0.112. The number of aldehydes is 1. The summed E-state index contributed by atoms with van der Waals surface area (Å²) in [6.45, 7) is 10.9. The van der Waals surface area contributed by atoms with Crippen LogP contribution in [0.25, 0.3) is 5.69 Å². The van der Waals surface area contributed by atoms with Crippen LogP contribution in [0.3, 0.4) is 0 Å². The zero-order valence-electron chi connectivity index (χ0n) is 18.0. The van der Waals surface area contributed by atoms with Crippen LogP contribution in [-0.2, 0) is 4.79 Å². The Morgan fingerprint density at radius 1 is 1.33 bits per heavy atom. The van der Waals surface area contributed by atoms with Crippen molar-refractivity contribution in [2.75, 3.05) is 14.2 Å². The summed E-state index contributed by atoms with van der Waals surface area (Å²) < 4.78 is 6.67. The molecule has 0 aliphatic heterocycles. The van der Waals surface area contributed by atoms with Crippen LogP contribution >= 0.6 is 11.6 Å². The highest BCUT2D eigenvalue weighted by atomic mass is 35.5. The number of carbonyl (C=O) groups excluding carboxylic acids is 1. The van der Waals surface area contributed by atoms with Gasteiger partial charge in [0.2, 0.25) is 0 Å². The Bertz CT molecular complexity index is 1110. The lowest BCUT2D eigenvalue weighted by Crippen LogP contribution is -2.26. The first-order valence-corrected chi connectivity index (χ1v) is 9.57. The van der Waals surface area contributed by atoms with Gasteiger partial charge in [-0.3, -0.25) is 19.3 Å². The highest BCUT2D eigenvalue weighted by Gasteiger charge is 2.24. The molecule has 0 fully saturated rings. The molecular weight excluding hydrogens is 404 g/mol. The molecule has 7 nitrogen and oxygen atoms in total. The number of hydrogen-bond donors (Lipinski definition) is 0. The summed E-state index contributed by atoms with van der Waals surface area (Å²) in [5.74, 6) is 0.660. The number of aliphatic imine (C=N–C) groups is 2. The molecule has 0 aliphatic rings. The molecule has 0 saturated heterocycles. The fourth-order valence-corrected chi connectivity index (χ4v) is 3.10. The van der Waals surface area contributed by atoms with Gasteiger partial charge in [-0.2, -0.15) is 0 Å². The minimum Gasteiger partial charge on any atom is -0.495 e. The van der Waals surface area contributed by atoms with Gasteiger partial charge in [-0.05, 0) is 45.4 Å². The van der Waals surface area contributed by atoms with E-state index >= 15 is 0 Å². The first kappa shape index (κ1) is 23.2. The van der Waals surface area contributed by atoms with E-state index in [0.29, 0.717) is 34.4 Å². The standard InChI is InChI=1S/C22H25ClN4O3/c1-8-15(26-21(24-6)22(4,5)12-28)16-10-17(13(2)11-25-16)27-14(3)9-18(30-7)19(23)20(27)29/h8-12H,1H2,2-7H3. The SMILES string of the molecule is C=CC(=NC(=NC)C(C)(C)C=O)c1cc(-n2c(C)cc(OC)c(Cl)c2=O)c(C)cn1. The van der Waals surface area contributed by atoms with Crippen molar-refractivity contribution >= 4 is 29.4 Å². The number of ether oxygens (including phenoxy) is 1. The van der Waals surface area contributed by atoms with Gasteiger partial charge >= 0.3 is 0 Å². The molecule has 0 spiro atoms. The van der Waals surface area contributed by atoms with E-state index < -0.39 is 11.0 Å². The third kappa shape index (κ3) is 4.41. The predicted molar refractivity (Wildman–Crippen MR) is 121 cm³/mol. The van der Waals surface area contributed by atoms with Gasteiger partial charge in [0.15, 0.2) is 0 Å². The smallest absolute Gasteiger partial charge is 0.277 e. The number of carbonyl (C=O) groups is 1. The van der Waals surface area contributed by atoms with E-state index in [1.165, 1.54) is 17.8 Å². The molecule has 8 heteroatoms. The Kier molecular flexibility index (Phi) is 7.10. The molecule has 2 rings (SSSR count). The van der Waals surface area contributed by atoms with Crippen molar-refractivity contribution in [3.63, 3.8) is 0 Å². The Morgan fingerprint density at radius 3 is 2.53 bits per heavy atom.